The Morgan fingerprint density at radius 3 is 2.68 bits per heavy atom. The molecule has 0 radical (unpaired) electrons. The van der Waals surface area contributed by atoms with Gasteiger partial charge in [-0.2, -0.15) is 0 Å². The van der Waals surface area contributed by atoms with Crippen LogP contribution in [-0.4, -0.2) is 28.7 Å². The zero-order chi connectivity index (χ0) is 17.6. The van der Waals surface area contributed by atoms with Crippen molar-refractivity contribution in [3.8, 4) is 11.3 Å². The topological polar surface area (TPSA) is 71.1 Å². The second-order valence-electron chi connectivity index (χ2n) is 6.16. The van der Waals surface area contributed by atoms with Crippen LogP contribution in [0.2, 0.25) is 0 Å². The number of carbonyl (C=O) groups excluding carboxylic acids is 2. The number of nitrogens with zero attached hydrogens (tertiary/aromatic N) is 1. The van der Waals surface area contributed by atoms with Crippen molar-refractivity contribution in [2.24, 2.45) is 0 Å². The number of amides is 3. The highest BCUT2D eigenvalue weighted by Gasteiger charge is 2.18. The molecule has 25 heavy (non-hydrogen) atoms. The third-order valence-corrected chi connectivity index (χ3v) is 6.12. The van der Waals surface area contributed by atoms with Crippen LogP contribution in [-0.2, 0) is 4.79 Å². The summed E-state index contributed by atoms with van der Waals surface area (Å²) in [6.45, 7) is 2.05. The monoisotopic (exact) mass is 375 g/mol. The van der Waals surface area contributed by atoms with E-state index in [4.69, 9.17) is 0 Å². The van der Waals surface area contributed by atoms with Gasteiger partial charge in [0.1, 0.15) is 0 Å². The number of benzene rings is 1. The number of imide groups is 1. The van der Waals surface area contributed by atoms with Crippen molar-refractivity contribution in [3.05, 3.63) is 35.2 Å². The molecule has 132 valence electrons. The summed E-state index contributed by atoms with van der Waals surface area (Å²) >= 11 is 2.85. The maximum atomic E-state index is 11.9. The Hall–Kier alpha value is -1.86. The Morgan fingerprint density at radius 1 is 1.24 bits per heavy atom. The zero-order valence-electron chi connectivity index (χ0n) is 14.1. The van der Waals surface area contributed by atoms with E-state index in [9.17, 15) is 9.59 Å². The van der Waals surface area contributed by atoms with Crippen LogP contribution >= 0.6 is 23.1 Å². The first-order valence-electron chi connectivity index (χ1n) is 8.36. The lowest BCUT2D eigenvalue weighted by Gasteiger charge is -2.11. The first-order chi connectivity index (χ1) is 12.1. The van der Waals surface area contributed by atoms with Crippen molar-refractivity contribution in [2.45, 2.75) is 43.0 Å². The van der Waals surface area contributed by atoms with Crippen molar-refractivity contribution < 1.29 is 9.59 Å². The number of hydrogen-bond donors (Lipinski definition) is 2. The van der Waals surface area contributed by atoms with E-state index >= 15 is 0 Å². The molecule has 1 aromatic heterocycles. The van der Waals surface area contributed by atoms with Crippen LogP contribution in [0.15, 0.2) is 34.0 Å². The molecule has 1 aromatic carbocycles. The first-order valence-corrected chi connectivity index (χ1v) is 10.2. The highest BCUT2D eigenvalue weighted by Crippen LogP contribution is 2.28. The van der Waals surface area contributed by atoms with Crippen LogP contribution in [0.25, 0.3) is 11.3 Å². The lowest BCUT2D eigenvalue weighted by Crippen LogP contribution is -2.44. The summed E-state index contributed by atoms with van der Waals surface area (Å²) in [5.74, 6) is -0.119. The minimum atomic E-state index is -0.392. The van der Waals surface area contributed by atoms with E-state index in [0.29, 0.717) is 0 Å². The molecule has 2 aromatic rings. The number of urea groups is 1. The Bertz CT molecular complexity index is 737. The highest BCUT2D eigenvalue weighted by atomic mass is 32.2. The molecule has 0 unspecified atom stereocenters. The standard InChI is InChI=1S/C18H21N3O2S2/c1-12-6-8-13(9-7-12)15-10-24-18(20-15)25-11-16(22)21-17(23)19-14-4-2-3-5-14/h6-10,14H,2-5,11H2,1H3,(H2,19,21,22,23). The van der Waals surface area contributed by atoms with Crippen molar-refractivity contribution in [3.63, 3.8) is 0 Å². The summed E-state index contributed by atoms with van der Waals surface area (Å²) in [6, 6.07) is 8.00. The molecule has 0 spiro atoms. The number of hydrogen-bond acceptors (Lipinski definition) is 5. The van der Waals surface area contributed by atoms with Crippen molar-refractivity contribution in [1.29, 1.82) is 0 Å². The van der Waals surface area contributed by atoms with Gasteiger partial charge in [-0.3, -0.25) is 10.1 Å². The zero-order valence-corrected chi connectivity index (χ0v) is 15.7. The van der Waals surface area contributed by atoms with Crippen LogP contribution in [0.5, 0.6) is 0 Å². The summed E-state index contributed by atoms with van der Waals surface area (Å²) in [7, 11) is 0. The van der Waals surface area contributed by atoms with E-state index in [0.717, 1.165) is 41.3 Å². The van der Waals surface area contributed by atoms with Crippen molar-refractivity contribution >= 4 is 35.0 Å². The van der Waals surface area contributed by atoms with Crippen LogP contribution in [0.3, 0.4) is 0 Å². The summed E-state index contributed by atoms with van der Waals surface area (Å²) in [5.41, 5.74) is 3.18. The summed E-state index contributed by atoms with van der Waals surface area (Å²) in [5, 5.41) is 7.22. The number of carbonyl (C=O) groups is 2. The third kappa shape index (κ3) is 5.31. The molecular formula is C18H21N3O2S2. The quantitative estimate of drug-likeness (QED) is 0.776. The molecule has 2 N–H and O–H groups in total. The molecule has 7 heteroatoms. The lowest BCUT2D eigenvalue weighted by molar-refractivity contribution is -0.117. The number of aryl methyl sites for hydroxylation is 1. The van der Waals surface area contributed by atoms with Crippen LogP contribution in [0, 0.1) is 6.92 Å². The number of aromatic nitrogens is 1. The van der Waals surface area contributed by atoms with Gasteiger partial charge in [-0.25, -0.2) is 9.78 Å². The van der Waals surface area contributed by atoms with Crippen LogP contribution < -0.4 is 10.6 Å². The smallest absolute Gasteiger partial charge is 0.321 e. The van der Waals surface area contributed by atoms with E-state index in [2.05, 4.69) is 27.8 Å². The average molecular weight is 376 g/mol. The van der Waals surface area contributed by atoms with Gasteiger partial charge in [-0.1, -0.05) is 54.4 Å². The lowest BCUT2D eigenvalue weighted by atomic mass is 10.1. The van der Waals surface area contributed by atoms with Gasteiger partial charge in [0, 0.05) is 17.0 Å². The average Bonchev–Trinajstić information content (AvgIpc) is 3.25. The molecule has 0 saturated heterocycles. The van der Waals surface area contributed by atoms with E-state index in [1.165, 1.54) is 28.7 Å². The molecule has 0 bridgehead atoms. The van der Waals surface area contributed by atoms with Gasteiger partial charge in [0.05, 0.1) is 11.4 Å². The minimum Gasteiger partial charge on any atom is -0.335 e. The fraction of sp³-hybridized carbons (Fsp3) is 0.389. The van der Waals surface area contributed by atoms with Gasteiger partial charge in [0.15, 0.2) is 4.34 Å². The third-order valence-electron chi connectivity index (χ3n) is 4.10. The summed E-state index contributed by atoms with van der Waals surface area (Å²) in [6.07, 6.45) is 4.28. The molecule has 1 heterocycles. The fourth-order valence-corrected chi connectivity index (χ4v) is 4.40. The molecule has 1 saturated carbocycles. The van der Waals surface area contributed by atoms with Crippen LogP contribution in [0.4, 0.5) is 4.79 Å². The second-order valence-corrected chi connectivity index (χ2v) is 8.24. The van der Waals surface area contributed by atoms with Gasteiger partial charge in [0.2, 0.25) is 5.91 Å². The molecule has 1 aliphatic carbocycles. The SMILES string of the molecule is Cc1ccc(-c2csc(SCC(=O)NC(=O)NC3CCCC3)n2)cc1. The first kappa shape index (κ1) is 17.9. The van der Waals surface area contributed by atoms with Gasteiger partial charge >= 0.3 is 6.03 Å². The predicted molar refractivity (Wildman–Crippen MR) is 102 cm³/mol. The van der Waals surface area contributed by atoms with Crippen molar-refractivity contribution in [2.75, 3.05) is 5.75 Å². The molecule has 3 rings (SSSR count). The second kappa shape index (κ2) is 8.49. The number of thiazole rings is 1. The van der Waals surface area contributed by atoms with Gasteiger partial charge in [-0.15, -0.1) is 11.3 Å². The number of thioether (sulfide) groups is 1. The van der Waals surface area contributed by atoms with E-state index in [1.807, 2.05) is 24.4 Å². The van der Waals surface area contributed by atoms with Crippen LogP contribution in [0.1, 0.15) is 31.2 Å². The van der Waals surface area contributed by atoms with E-state index < -0.39 is 6.03 Å². The molecule has 0 atom stereocenters. The van der Waals surface area contributed by atoms with Gasteiger partial charge in [0.25, 0.3) is 0 Å². The van der Waals surface area contributed by atoms with Gasteiger partial charge < -0.3 is 5.32 Å². The Balaban J connectivity index is 1.45. The Kier molecular flexibility index (Phi) is 6.09. The van der Waals surface area contributed by atoms with E-state index in [-0.39, 0.29) is 17.7 Å². The van der Waals surface area contributed by atoms with E-state index in [1.54, 1.807) is 0 Å². The molecular weight excluding hydrogens is 354 g/mol. The molecule has 1 aliphatic rings. The van der Waals surface area contributed by atoms with Gasteiger partial charge in [-0.05, 0) is 19.8 Å². The van der Waals surface area contributed by atoms with Crippen molar-refractivity contribution in [1.82, 2.24) is 15.6 Å². The number of rotatable bonds is 5. The number of nitrogens with one attached hydrogen (secondary N) is 2. The largest absolute Gasteiger partial charge is 0.335 e. The predicted octanol–water partition coefficient (Wildman–Crippen LogP) is 3.98. The fourth-order valence-electron chi connectivity index (χ4n) is 2.76. The Labute approximate surface area is 155 Å². The normalized spacial score (nSPS) is 14.4. The Morgan fingerprint density at radius 2 is 1.96 bits per heavy atom. The molecule has 1 fully saturated rings. The minimum absolute atomic E-state index is 0.180. The summed E-state index contributed by atoms with van der Waals surface area (Å²) in [4.78, 5) is 28.2. The summed E-state index contributed by atoms with van der Waals surface area (Å²) < 4.78 is 0.821. The highest BCUT2D eigenvalue weighted by molar-refractivity contribution is 8.01. The molecule has 5 nitrogen and oxygen atoms in total. The molecule has 3 amide bonds. The maximum Gasteiger partial charge on any atom is 0.321 e. The molecule has 0 aliphatic heterocycles. The maximum absolute atomic E-state index is 11.9.